The van der Waals surface area contributed by atoms with Crippen LogP contribution in [-0.2, 0) is 4.74 Å². The Bertz CT molecular complexity index is 223. The normalized spacial score (nSPS) is 47.2. The van der Waals surface area contributed by atoms with Crippen molar-refractivity contribution in [1.82, 2.24) is 0 Å². The molecule has 4 aliphatic carbocycles. The van der Waals surface area contributed by atoms with E-state index in [2.05, 4.69) is 0 Å². The maximum Gasteiger partial charge on any atom is 0.0614 e. The Morgan fingerprint density at radius 3 is 2.12 bits per heavy atom. The van der Waals surface area contributed by atoms with Gasteiger partial charge in [0, 0.05) is 12.6 Å². The second-order valence-electron chi connectivity index (χ2n) is 6.61. The van der Waals surface area contributed by atoms with Crippen molar-refractivity contribution in [3.8, 4) is 0 Å². The van der Waals surface area contributed by atoms with E-state index in [4.69, 9.17) is 10.5 Å². The molecule has 4 saturated carbocycles. The molecule has 1 unspecified atom stereocenters. The molecule has 0 radical (unpaired) electrons. The van der Waals surface area contributed by atoms with E-state index < -0.39 is 0 Å². The van der Waals surface area contributed by atoms with Gasteiger partial charge in [0.25, 0.3) is 0 Å². The van der Waals surface area contributed by atoms with E-state index in [1.807, 2.05) is 6.92 Å². The first-order valence-electron chi connectivity index (χ1n) is 7.05. The number of hydrogen-bond acceptors (Lipinski definition) is 2. The van der Waals surface area contributed by atoms with E-state index in [1.54, 1.807) is 6.42 Å². The van der Waals surface area contributed by atoms with Gasteiger partial charge in [-0.25, -0.2) is 0 Å². The standard InChI is InChI=1S/C14H25NO/c1-9(15)7-16-8-14-12-3-10-2-11(5-12)6-13(14)4-10/h9-14H,2-8,15H2,1H3. The lowest BCUT2D eigenvalue weighted by atomic mass is 9.52. The van der Waals surface area contributed by atoms with Gasteiger partial charge < -0.3 is 10.5 Å². The molecule has 4 fully saturated rings. The molecule has 16 heavy (non-hydrogen) atoms. The number of rotatable bonds is 4. The zero-order valence-electron chi connectivity index (χ0n) is 10.4. The Hall–Kier alpha value is -0.0800. The summed E-state index contributed by atoms with van der Waals surface area (Å²) in [5.41, 5.74) is 5.73. The fourth-order valence-corrected chi connectivity index (χ4v) is 4.70. The highest BCUT2D eigenvalue weighted by Crippen LogP contribution is 2.56. The Morgan fingerprint density at radius 2 is 1.62 bits per heavy atom. The van der Waals surface area contributed by atoms with E-state index in [-0.39, 0.29) is 6.04 Å². The van der Waals surface area contributed by atoms with Crippen molar-refractivity contribution in [2.75, 3.05) is 13.2 Å². The minimum absolute atomic E-state index is 0.192. The number of nitrogens with two attached hydrogens (primary N) is 1. The third-order valence-electron chi connectivity index (χ3n) is 5.11. The fraction of sp³-hybridized carbons (Fsp3) is 1.00. The fourth-order valence-electron chi connectivity index (χ4n) is 4.70. The molecule has 0 aliphatic heterocycles. The molecule has 1 atom stereocenters. The summed E-state index contributed by atoms with van der Waals surface area (Å²) in [4.78, 5) is 0. The third kappa shape index (κ3) is 2.02. The van der Waals surface area contributed by atoms with Crippen molar-refractivity contribution < 1.29 is 4.74 Å². The van der Waals surface area contributed by atoms with Gasteiger partial charge in [-0.15, -0.1) is 0 Å². The van der Waals surface area contributed by atoms with Crippen molar-refractivity contribution in [3.05, 3.63) is 0 Å². The smallest absolute Gasteiger partial charge is 0.0614 e. The summed E-state index contributed by atoms with van der Waals surface area (Å²) < 4.78 is 5.80. The highest BCUT2D eigenvalue weighted by Gasteiger charge is 2.47. The molecule has 4 bridgehead atoms. The molecule has 0 aromatic rings. The van der Waals surface area contributed by atoms with Crippen LogP contribution in [0.4, 0.5) is 0 Å². The minimum atomic E-state index is 0.192. The molecular formula is C14H25NO. The molecule has 0 spiro atoms. The summed E-state index contributed by atoms with van der Waals surface area (Å²) in [6.45, 7) is 3.75. The van der Waals surface area contributed by atoms with Gasteiger partial charge in [-0.1, -0.05) is 0 Å². The summed E-state index contributed by atoms with van der Waals surface area (Å²) >= 11 is 0. The molecule has 0 amide bonds. The van der Waals surface area contributed by atoms with Gasteiger partial charge in [0.1, 0.15) is 0 Å². The molecule has 2 nitrogen and oxygen atoms in total. The summed E-state index contributed by atoms with van der Waals surface area (Å²) in [5, 5.41) is 0. The average Bonchev–Trinajstić information content (AvgIpc) is 2.20. The molecule has 2 heteroatoms. The second-order valence-corrected chi connectivity index (χ2v) is 6.61. The zero-order valence-corrected chi connectivity index (χ0v) is 10.4. The van der Waals surface area contributed by atoms with Gasteiger partial charge >= 0.3 is 0 Å². The maximum atomic E-state index is 5.80. The lowest BCUT2D eigenvalue weighted by Crippen LogP contribution is -2.46. The molecule has 0 saturated heterocycles. The molecule has 0 aromatic carbocycles. The van der Waals surface area contributed by atoms with Gasteiger partial charge in [0.05, 0.1) is 6.61 Å². The Labute approximate surface area is 98.9 Å². The van der Waals surface area contributed by atoms with Crippen molar-refractivity contribution in [1.29, 1.82) is 0 Å². The van der Waals surface area contributed by atoms with Crippen LogP contribution in [0.1, 0.15) is 39.0 Å². The number of hydrogen-bond donors (Lipinski definition) is 1. The van der Waals surface area contributed by atoms with Gasteiger partial charge in [0.15, 0.2) is 0 Å². The first kappa shape index (κ1) is 11.0. The van der Waals surface area contributed by atoms with Crippen LogP contribution < -0.4 is 5.73 Å². The number of ether oxygens (including phenoxy) is 1. The van der Waals surface area contributed by atoms with E-state index in [0.29, 0.717) is 0 Å². The summed E-state index contributed by atoms with van der Waals surface area (Å²) in [7, 11) is 0. The zero-order chi connectivity index (χ0) is 11.1. The van der Waals surface area contributed by atoms with E-state index in [1.165, 1.54) is 25.7 Å². The lowest BCUT2D eigenvalue weighted by Gasteiger charge is -2.54. The summed E-state index contributed by atoms with van der Waals surface area (Å²) in [6, 6.07) is 0.192. The highest BCUT2D eigenvalue weighted by molar-refractivity contribution is 4.97. The van der Waals surface area contributed by atoms with Crippen molar-refractivity contribution in [3.63, 3.8) is 0 Å². The first-order chi connectivity index (χ1) is 7.72. The van der Waals surface area contributed by atoms with Crippen LogP contribution in [0, 0.1) is 29.6 Å². The third-order valence-corrected chi connectivity index (χ3v) is 5.11. The van der Waals surface area contributed by atoms with Crippen LogP contribution >= 0.6 is 0 Å². The first-order valence-corrected chi connectivity index (χ1v) is 7.05. The van der Waals surface area contributed by atoms with Crippen LogP contribution in [-0.4, -0.2) is 19.3 Å². The van der Waals surface area contributed by atoms with Gasteiger partial charge in [-0.3, -0.25) is 0 Å². The Morgan fingerprint density at radius 1 is 1.06 bits per heavy atom. The van der Waals surface area contributed by atoms with Gasteiger partial charge in [0.2, 0.25) is 0 Å². The molecule has 4 rings (SSSR count). The van der Waals surface area contributed by atoms with Crippen molar-refractivity contribution in [2.24, 2.45) is 35.3 Å². The van der Waals surface area contributed by atoms with Gasteiger partial charge in [-0.2, -0.15) is 0 Å². The van der Waals surface area contributed by atoms with Crippen LogP contribution in [0.25, 0.3) is 0 Å². The molecular weight excluding hydrogens is 198 g/mol. The van der Waals surface area contributed by atoms with Crippen molar-refractivity contribution in [2.45, 2.75) is 45.1 Å². The van der Waals surface area contributed by atoms with E-state index >= 15 is 0 Å². The predicted molar refractivity (Wildman–Crippen MR) is 65.0 cm³/mol. The van der Waals surface area contributed by atoms with Crippen LogP contribution in [0.3, 0.4) is 0 Å². The topological polar surface area (TPSA) is 35.2 Å². The monoisotopic (exact) mass is 223 g/mol. The summed E-state index contributed by atoms with van der Waals surface area (Å²) in [6.07, 6.45) is 7.54. The molecule has 2 N–H and O–H groups in total. The SMILES string of the molecule is CC(N)COCC1C2CC3CC(C2)CC1C3. The van der Waals surface area contributed by atoms with E-state index in [9.17, 15) is 0 Å². The molecule has 4 aliphatic rings. The van der Waals surface area contributed by atoms with Crippen LogP contribution in [0.15, 0.2) is 0 Å². The van der Waals surface area contributed by atoms with Crippen molar-refractivity contribution >= 4 is 0 Å². The molecule has 0 aromatic heterocycles. The lowest BCUT2D eigenvalue weighted by molar-refractivity contribution is -0.0723. The minimum Gasteiger partial charge on any atom is -0.380 e. The highest BCUT2D eigenvalue weighted by atomic mass is 16.5. The van der Waals surface area contributed by atoms with Crippen LogP contribution in [0.2, 0.25) is 0 Å². The predicted octanol–water partition coefficient (Wildman–Crippen LogP) is 2.42. The summed E-state index contributed by atoms with van der Waals surface area (Å²) in [5.74, 6) is 5.00. The maximum absolute atomic E-state index is 5.80. The van der Waals surface area contributed by atoms with Gasteiger partial charge in [-0.05, 0) is 68.6 Å². The molecule has 92 valence electrons. The Balaban J connectivity index is 1.55. The Kier molecular flexibility index (Phi) is 2.97. The second kappa shape index (κ2) is 4.30. The quantitative estimate of drug-likeness (QED) is 0.794. The average molecular weight is 223 g/mol. The van der Waals surface area contributed by atoms with E-state index in [0.717, 1.165) is 42.8 Å². The van der Waals surface area contributed by atoms with Crippen LogP contribution in [0.5, 0.6) is 0 Å². The largest absolute Gasteiger partial charge is 0.380 e. The molecule has 0 heterocycles.